The normalized spacial score (nSPS) is 13.1. The number of thiol groups is 1. The monoisotopic (exact) mass is 500 g/mol. The van der Waals surface area contributed by atoms with Crippen LogP contribution in [0.25, 0.3) is 0 Å². The average Bonchev–Trinajstić information content (AvgIpc) is 2.80. The van der Waals surface area contributed by atoms with Crippen molar-refractivity contribution in [1.29, 1.82) is 0 Å². The number of carbonyl (C=O) groups excluding carboxylic acids is 1. The second-order valence-electron chi connectivity index (χ2n) is 10.2. The average molecular weight is 501 g/mol. The molecular weight excluding hydrogens is 444 g/mol. The molecule has 0 aliphatic carbocycles. The topological polar surface area (TPSA) is 78.4 Å². The van der Waals surface area contributed by atoms with Crippen LogP contribution in [0.3, 0.4) is 0 Å². The minimum atomic E-state index is -0.661. The van der Waals surface area contributed by atoms with E-state index in [2.05, 4.69) is 30.2 Å². The standard InChI is InChI=1S/C28H56N2O3S/c1-25(29-23-19-20-24-30-26(2)28(33)34)21-17-15-13-11-9-7-5-3-4-6-8-10-12-14-16-18-22-27(31)32/h25-26,29-30H,3-24H2,1-2H3,(H,31,32)(H,33,34). The van der Waals surface area contributed by atoms with Crippen LogP contribution in [0.5, 0.6) is 0 Å². The van der Waals surface area contributed by atoms with Crippen LogP contribution < -0.4 is 10.6 Å². The van der Waals surface area contributed by atoms with Crippen LogP contribution >= 0.6 is 12.6 Å². The fourth-order valence-electron chi connectivity index (χ4n) is 4.31. The summed E-state index contributed by atoms with van der Waals surface area (Å²) in [6.45, 7) is 6.09. The molecule has 3 N–H and O–H groups in total. The molecule has 0 fully saturated rings. The van der Waals surface area contributed by atoms with Gasteiger partial charge < -0.3 is 15.7 Å². The van der Waals surface area contributed by atoms with Gasteiger partial charge in [-0.3, -0.25) is 9.59 Å². The molecule has 0 heterocycles. The summed E-state index contributed by atoms with van der Waals surface area (Å²) < 4.78 is 0. The molecule has 0 aromatic carbocycles. The number of carbonyl (C=O) groups is 2. The second-order valence-corrected chi connectivity index (χ2v) is 10.6. The zero-order chi connectivity index (χ0) is 25.3. The fourth-order valence-corrected chi connectivity index (χ4v) is 4.40. The molecule has 0 amide bonds. The third-order valence-electron chi connectivity index (χ3n) is 6.70. The molecule has 5 nitrogen and oxygen atoms in total. The van der Waals surface area contributed by atoms with Crippen LogP contribution in [0.2, 0.25) is 0 Å². The van der Waals surface area contributed by atoms with Gasteiger partial charge in [0.15, 0.2) is 0 Å². The summed E-state index contributed by atoms with van der Waals surface area (Å²) >= 11 is 3.84. The van der Waals surface area contributed by atoms with E-state index in [1.807, 2.05) is 6.92 Å². The highest BCUT2D eigenvalue weighted by Gasteiger charge is 2.06. The summed E-state index contributed by atoms with van der Waals surface area (Å²) in [5, 5.41) is 15.3. The second kappa shape index (κ2) is 25.5. The van der Waals surface area contributed by atoms with E-state index in [0.29, 0.717) is 12.5 Å². The van der Waals surface area contributed by atoms with E-state index < -0.39 is 5.97 Å². The van der Waals surface area contributed by atoms with Gasteiger partial charge >= 0.3 is 5.97 Å². The van der Waals surface area contributed by atoms with Gasteiger partial charge in [0.1, 0.15) is 0 Å². The zero-order valence-corrected chi connectivity index (χ0v) is 23.3. The van der Waals surface area contributed by atoms with Crippen molar-refractivity contribution in [2.24, 2.45) is 0 Å². The van der Waals surface area contributed by atoms with Crippen molar-refractivity contribution in [1.82, 2.24) is 10.6 Å². The highest BCUT2D eigenvalue weighted by Crippen LogP contribution is 2.14. The first-order chi connectivity index (χ1) is 16.4. The van der Waals surface area contributed by atoms with Gasteiger partial charge in [0, 0.05) is 12.5 Å². The Morgan fingerprint density at radius 1 is 0.618 bits per heavy atom. The molecule has 2 unspecified atom stereocenters. The predicted octanol–water partition coefficient (Wildman–Crippen LogP) is 7.29. The first-order valence-corrected chi connectivity index (χ1v) is 14.8. The number of nitrogens with one attached hydrogen (secondary N) is 2. The van der Waals surface area contributed by atoms with Crippen molar-refractivity contribution in [2.45, 2.75) is 154 Å². The Bertz CT molecular complexity index is 477. The maximum atomic E-state index is 11.0. The summed E-state index contributed by atoms with van der Waals surface area (Å²) in [6.07, 6.45) is 24.7. The Morgan fingerprint density at radius 3 is 1.41 bits per heavy atom. The minimum absolute atomic E-state index is 0.0890. The molecule has 0 bridgehead atoms. The van der Waals surface area contributed by atoms with E-state index in [1.54, 1.807) is 0 Å². The third kappa shape index (κ3) is 26.0. The molecule has 0 spiro atoms. The van der Waals surface area contributed by atoms with Crippen molar-refractivity contribution >= 4 is 23.7 Å². The van der Waals surface area contributed by atoms with Crippen LogP contribution in [0, 0.1) is 0 Å². The number of unbranched alkanes of at least 4 members (excludes halogenated alkanes) is 16. The highest BCUT2D eigenvalue weighted by molar-refractivity contribution is 7.96. The summed E-state index contributed by atoms with van der Waals surface area (Å²) in [5.41, 5.74) is 0. The lowest BCUT2D eigenvalue weighted by Crippen LogP contribution is -2.32. The minimum Gasteiger partial charge on any atom is -0.481 e. The van der Waals surface area contributed by atoms with Crippen molar-refractivity contribution in [3.05, 3.63) is 0 Å². The van der Waals surface area contributed by atoms with Gasteiger partial charge in [-0.1, -0.05) is 96.3 Å². The first-order valence-electron chi connectivity index (χ1n) is 14.3. The Kier molecular flexibility index (Phi) is 25.1. The number of hydrogen-bond acceptors (Lipinski definition) is 4. The van der Waals surface area contributed by atoms with Crippen LogP contribution in [0.1, 0.15) is 142 Å². The molecule has 0 aromatic heterocycles. The van der Waals surface area contributed by atoms with Crippen molar-refractivity contribution in [3.63, 3.8) is 0 Å². The maximum absolute atomic E-state index is 11.0. The van der Waals surface area contributed by atoms with Gasteiger partial charge in [-0.15, -0.1) is 12.6 Å². The SMILES string of the molecule is CC(CCCCCCCCCCCCCCCCCCC(=O)O)NCCCCNC(C)C(=O)S. The lowest BCUT2D eigenvalue weighted by atomic mass is 10.0. The predicted molar refractivity (Wildman–Crippen MR) is 149 cm³/mol. The lowest BCUT2D eigenvalue weighted by Gasteiger charge is -2.14. The Morgan fingerprint density at radius 2 is 1.00 bits per heavy atom. The molecule has 0 saturated carbocycles. The summed E-state index contributed by atoms with van der Waals surface area (Å²) in [5.74, 6) is -0.661. The van der Waals surface area contributed by atoms with Gasteiger partial charge in [-0.05, 0) is 52.6 Å². The maximum Gasteiger partial charge on any atom is 0.303 e. The van der Waals surface area contributed by atoms with E-state index in [0.717, 1.165) is 38.8 Å². The number of carboxylic acids is 1. The quantitative estimate of drug-likeness (QED) is 0.0704. The highest BCUT2D eigenvalue weighted by atomic mass is 32.1. The van der Waals surface area contributed by atoms with Crippen molar-refractivity contribution in [3.8, 4) is 0 Å². The molecule has 202 valence electrons. The molecule has 0 aliphatic heterocycles. The van der Waals surface area contributed by atoms with Gasteiger partial charge in [0.25, 0.3) is 0 Å². The smallest absolute Gasteiger partial charge is 0.303 e. The largest absolute Gasteiger partial charge is 0.481 e. The van der Waals surface area contributed by atoms with E-state index >= 15 is 0 Å². The van der Waals surface area contributed by atoms with E-state index in [-0.39, 0.29) is 11.2 Å². The number of aliphatic carboxylic acids is 1. The summed E-state index contributed by atoms with van der Waals surface area (Å²) in [6, 6.07) is 0.453. The molecule has 0 rings (SSSR count). The van der Waals surface area contributed by atoms with Crippen LogP contribution in [-0.2, 0) is 9.59 Å². The Labute approximate surface area is 216 Å². The zero-order valence-electron chi connectivity index (χ0n) is 22.4. The van der Waals surface area contributed by atoms with Crippen LogP contribution in [-0.4, -0.2) is 41.4 Å². The number of rotatable bonds is 27. The fraction of sp³-hybridized carbons (Fsp3) is 0.929. The molecule has 0 saturated heterocycles. The van der Waals surface area contributed by atoms with Gasteiger partial charge in [-0.25, -0.2) is 0 Å². The van der Waals surface area contributed by atoms with E-state index in [4.69, 9.17) is 5.11 Å². The van der Waals surface area contributed by atoms with Crippen molar-refractivity contribution < 1.29 is 14.7 Å². The van der Waals surface area contributed by atoms with Gasteiger partial charge in [0.2, 0.25) is 5.12 Å². The van der Waals surface area contributed by atoms with E-state index in [1.165, 1.54) is 96.3 Å². The van der Waals surface area contributed by atoms with Crippen LogP contribution in [0.15, 0.2) is 0 Å². The third-order valence-corrected chi connectivity index (χ3v) is 7.08. The first kappa shape index (κ1) is 33.4. The Balaban J connectivity index is 3.19. The molecule has 34 heavy (non-hydrogen) atoms. The van der Waals surface area contributed by atoms with Crippen molar-refractivity contribution in [2.75, 3.05) is 13.1 Å². The van der Waals surface area contributed by atoms with Gasteiger partial charge in [-0.2, -0.15) is 0 Å². The molecule has 0 aliphatic rings. The number of carboxylic acid groups (broad SMARTS) is 1. The number of hydrogen-bond donors (Lipinski definition) is 4. The Hall–Kier alpha value is -0.590. The lowest BCUT2D eigenvalue weighted by molar-refractivity contribution is -0.137. The summed E-state index contributed by atoms with van der Waals surface area (Å²) in [7, 11) is 0. The van der Waals surface area contributed by atoms with Gasteiger partial charge in [0.05, 0.1) is 6.04 Å². The molecule has 0 radical (unpaired) electrons. The molecule has 0 aromatic rings. The van der Waals surface area contributed by atoms with E-state index in [9.17, 15) is 9.59 Å². The summed E-state index contributed by atoms with van der Waals surface area (Å²) in [4.78, 5) is 21.5. The molecule has 6 heteroatoms. The molecule has 2 atom stereocenters. The van der Waals surface area contributed by atoms with Crippen LogP contribution in [0.4, 0.5) is 0 Å². The molecular formula is C28H56N2O3S.